The average Bonchev–Trinajstić information content (AvgIpc) is 3.32. The number of phosphoric acid groups is 1. The van der Waals surface area contributed by atoms with Crippen LogP contribution in [0.25, 0.3) is 0 Å². The largest absolute Gasteiger partial charge is 0.472 e. The molecular weight excluding hydrogens is 551 g/mol. The van der Waals surface area contributed by atoms with Crippen molar-refractivity contribution in [1.82, 2.24) is 20.4 Å². The van der Waals surface area contributed by atoms with E-state index in [1.807, 2.05) is 0 Å². The molecule has 7 N–H and O–H groups in total. The van der Waals surface area contributed by atoms with Crippen LogP contribution in [0, 0.1) is 10.8 Å². The maximum absolute atomic E-state index is 13.3. The number of nitrogens with zero attached hydrogens (tertiary/aromatic N) is 2. The third-order valence-electron chi connectivity index (χ3n) is 9.05. The van der Waals surface area contributed by atoms with Gasteiger partial charge in [0, 0.05) is 0 Å². The smallest absolute Gasteiger partial charge is 0.394 e. The van der Waals surface area contributed by atoms with Crippen molar-refractivity contribution in [3.8, 4) is 0 Å². The van der Waals surface area contributed by atoms with E-state index in [4.69, 9.17) is 18.5 Å². The zero-order valence-electron chi connectivity index (χ0n) is 20.4. The van der Waals surface area contributed by atoms with Crippen LogP contribution >= 0.6 is 7.82 Å². The lowest BCUT2D eigenvalue weighted by atomic mass is 9.42. The number of hydrogen-bond donors (Lipinski definition) is 7. The molecule has 39 heavy (non-hydrogen) atoms. The molecule has 6 aliphatic rings. The van der Waals surface area contributed by atoms with Gasteiger partial charge in [0.1, 0.15) is 36.6 Å². The Bertz CT molecular complexity index is 1200. The van der Waals surface area contributed by atoms with E-state index in [1.54, 1.807) is 0 Å². The van der Waals surface area contributed by atoms with Gasteiger partial charge in [0.05, 0.1) is 36.1 Å². The highest BCUT2D eigenvalue weighted by molar-refractivity contribution is 7.47. The number of hydrogen-bond acceptors (Lipinski definition) is 13. The molecule has 216 valence electrons. The topological polar surface area (TPSA) is 254 Å². The molecule has 0 aromatic rings. The van der Waals surface area contributed by atoms with Crippen molar-refractivity contribution in [2.75, 3.05) is 13.2 Å². The summed E-state index contributed by atoms with van der Waals surface area (Å²) in [4.78, 5) is 65.0. The molecule has 13 atom stereocenters. The molecule has 5 saturated heterocycles. The fourth-order valence-electron chi connectivity index (χ4n) is 6.81. The van der Waals surface area contributed by atoms with Crippen LogP contribution in [0.15, 0.2) is 0 Å². The summed E-state index contributed by atoms with van der Waals surface area (Å²) in [6, 6.07) is -4.88. The number of phosphoric ester groups is 1. The van der Waals surface area contributed by atoms with Gasteiger partial charge in [0.15, 0.2) is 12.5 Å². The highest BCUT2D eigenvalue weighted by Gasteiger charge is 2.83. The summed E-state index contributed by atoms with van der Waals surface area (Å²) >= 11 is 0. The van der Waals surface area contributed by atoms with Gasteiger partial charge in [-0.15, -0.1) is 0 Å². The van der Waals surface area contributed by atoms with Gasteiger partial charge < -0.3 is 34.8 Å². The van der Waals surface area contributed by atoms with Crippen molar-refractivity contribution >= 4 is 31.7 Å². The molecular formula is C20H27N4O14P. The van der Waals surface area contributed by atoms with E-state index < -0.39 is 117 Å². The van der Waals surface area contributed by atoms with Crippen molar-refractivity contribution in [2.45, 2.75) is 75.0 Å². The summed E-state index contributed by atoms with van der Waals surface area (Å²) in [5, 5.41) is 46.6. The van der Waals surface area contributed by atoms with Crippen molar-refractivity contribution in [3.05, 3.63) is 0 Å². The number of amides is 6. The van der Waals surface area contributed by atoms with E-state index in [0.29, 0.717) is 0 Å². The van der Waals surface area contributed by atoms with E-state index in [-0.39, 0.29) is 0 Å². The fraction of sp³-hybridized carbons (Fsp3) is 0.800. The number of fused-ring (bicyclic) bond motifs is 7. The molecule has 4 bridgehead atoms. The molecule has 0 aromatic heterocycles. The Morgan fingerprint density at radius 1 is 0.897 bits per heavy atom. The first-order chi connectivity index (χ1) is 18.2. The maximum Gasteiger partial charge on any atom is 0.472 e. The van der Waals surface area contributed by atoms with Crippen molar-refractivity contribution in [2.24, 2.45) is 10.8 Å². The van der Waals surface area contributed by atoms with E-state index in [0.717, 1.165) is 9.80 Å². The number of aliphatic hydroxyl groups excluding tert-OH is 4. The van der Waals surface area contributed by atoms with Gasteiger partial charge in [-0.1, -0.05) is 0 Å². The van der Waals surface area contributed by atoms with Crippen LogP contribution in [0.1, 0.15) is 13.8 Å². The standard InChI is InChI=1S/C20H27N4O14P/c1-19-11-12-20(19,2)16(30)22-18(32)24(12)14-9(28)10(5(3-25)36-14)38-39(33,34)35-4-6-7(26)8(27)13(37-6)23(11)17(31)21-15(19)29/h5-14,25-28H,3-4H2,1-2H3,(H,33,34)(H,21,29,31)(H,22,30,32)/t5-,6-,7-,8-,9-,10-,11?,12?,13-,14-,19?,20?/m1/s1. The monoisotopic (exact) mass is 578 g/mol. The van der Waals surface area contributed by atoms with E-state index >= 15 is 0 Å². The molecule has 18 nitrogen and oxygen atoms in total. The lowest BCUT2D eigenvalue weighted by molar-refractivity contribution is -0.250. The Labute approximate surface area is 219 Å². The van der Waals surface area contributed by atoms with Crippen molar-refractivity contribution in [3.63, 3.8) is 0 Å². The predicted molar refractivity (Wildman–Crippen MR) is 118 cm³/mol. The fourth-order valence-corrected chi connectivity index (χ4v) is 7.77. The Balaban J connectivity index is 1.53. The molecule has 0 aromatic carbocycles. The van der Waals surface area contributed by atoms with Crippen LogP contribution in [0.5, 0.6) is 0 Å². The summed E-state index contributed by atoms with van der Waals surface area (Å²) in [6.45, 7) is 1.11. The van der Waals surface area contributed by atoms with E-state index in [1.165, 1.54) is 13.8 Å². The second-order valence-corrected chi connectivity index (χ2v) is 12.2. The van der Waals surface area contributed by atoms with Gasteiger partial charge >= 0.3 is 19.9 Å². The molecule has 19 heteroatoms. The van der Waals surface area contributed by atoms with Gasteiger partial charge in [0.2, 0.25) is 11.8 Å². The summed E-state index contributed by atoms with van der Waals surface area (Å²) in [7, 11) is -5.04. The molecule has 0 spiro atoms. The number of rotatable bonds is 1. The zero-order valence-corrected chi connectivity index (χ0v) is 21.3. The Kier molecular flexibility index (Phi) is 5.79. The molecule has 5 unspecified atom stereocenters. The van der Waals surface area contributed by atoms with Crippen LogP contribution in [0.4, 0.5) is 9.59 Å². The summed E-state index contributed by atoms with van der Waals surface area (Å²) in [5.74, 6) is -1.72. The zero-order chi connectivity index (χ0) is 28.4. The highest BCUT2D eigenvalue weighted by atomic mass is 31.2. The molecule has 5 heterocycles. The van der Waals surface area contributed by atoms with Gasteiger partial charge in [-0.25, -0.2) is 14.2 Å². The first kappa shape index (κ1) is 26.9. The van der Waals surface area contributed by atoms with Crippen LogP contribution in [0.2, 0.25) is 0 Å². The van der Waals surface area contributed by atoms with Gasteiger partial charge in [-0.05, 0) is 13.8 Å². The molecule has 6 rings (SSSR count). The summed E-state index contributed by atoms with van der Waals surface area (Å²) in [6.07, 6.45) is -13.4. The molecule has 0 radical (unpaired) electrons. The lowest BCUT2D eigenvalue weighted by Gasteiger charge is -2.72. The minimum Gasteiger partial charge on any atom is -0.394 e. The minimum atomic E-state index is -5.04. The Morgan fingerprint density at radius 3 is 1.92 bits per heavy atom. The number of nitrogens with one attached hydrogen (secondary N) is 2. The second kappa shape index (κ2) is 8.39. The van der Waals surface area contributed by atoms with Crippen molar-refractivity contribution in [1.29, 1.82) is 0 Å². The second-order valence-electron chi connectivity index (χ2n) is 10.7. The molecule has 1 saturated carbocycles. The Morgan fingerprint density at radius 2 is 1.41 bits per heavy atom. The molecule has 6 fully saturated rings. The van der Waals surface area contributed by atoms with Gasteiger partial charge in [-0.2, -0.15) is 0 Å². The van der Waals surface area contributed by atoms with E-state index in [9.17, 15) is 49.1 Å². The number of aliphatic hydroxyl groups is 4. The highest BCUT2D eigenvalue weighted by Crippen LogP contribution is 2.64. The third kappa shape index (κ3) is 3.26. The lowest BCUT2D eigenvalue weighted by Crippen LogP contribution is -2.92. The molecule has 1 aliphatic carbocycles. The first-order valence-electron chi connectivity index (χ1n) is 12.1. The number of carbonyl (C=O) groups excluding carboxylic acids is 4. The quantitative estimate of drug-likeness (QED) is 0.146. The molecule has 5 aliphatic heterocycles. The maximum atomic E-state index is 13.3. The van der Waals surface area contributed by atoms with Crippen LogP contribution in [-0.2, 0) is 32.7 Å². The molecule has 6 amide bonds. The average molecular weight is 578 g/mol. The van der Waals surface area contributed by atoms with Gasteiger partial charge in [0.25, 0.3) is 0 Å². The van der Waals surface area contributed by atoms with Gasteiger partial charge in [-0.3, -0.25) is 39.1 Å². The van der Waals surface area contributed by atoms with Crippen LogP contribution in [-0.4, -0.2) is 133 Å². The minimum absolute atomic E-state index is 0.816. The SMILES string of the molecule is CC12C(=O)NC(=O)N3C1C1N(C(=O)NC(=O)C12C)[C@@H]1O[C@H](CO)[C@@H](OP(=O)(O)OC[C@H]2O[C@@H]3[C@H](O)[C@@H]2O)[C@H]1O. The Hall–Kier alpha value is -2.25. The predicted octanol–water partition coefficient (Wildman–Crippen LogP) is -4.11. The van der Waals surface area contributed by atoms with Crippen LogP contribution < -0.4 is 10.6 Å². The number of imide groups is 2. The number of carbonyl (C=O) groups is 4. The van der Waals surface area contributed by atoms with E-state index in [2.05, 4.69) is 10.6 Å². The summed E-state index contributed by atoms with van der Waals surface area (Å²) < 4.78 is 34.0. The first-order valence-corrected chi connectivity index (χ1v) is 13.6. The summed E-state index contributed by atoms with van der Waals surface area (Å²) in [5.41, 5.74) is -3.45. The number of urea groups is 2. The normalized spacial score (nSPS) is 53.0. The third-order valence-corrected chi connectivity index (χ3v) is 10.0. The van der Waals surface area contributed by atoms with Crippen LogP contribution in [0.3, 0.4) is 0 Å². The number of ether oxygens (including phenoxy) is 2. The van der Waals surface area contributed by atoms with Crippen molar-refractivity contribution < 1.29 is 67.6 Å².